The Kier molecular flexibility index (Phi) is 8.76. The third-order valence-corrected chi connectivity index (χ3v) is 4.11. The van der Waals surface area contributed by atoms with E-state index in [0.29, 0.717) is 26.2 Å². The van der Waals surface area contributed by atoms with Crippen LogP contribution in [0.25, 0.3) is 0 Å². The van der Waals surface area contributed by atoms with Gasteiger partial charge in [0.15, 0.2) is 5.78 Å². The van der Waals surface area contributed by atoms with E-state index < -0.39 is 0 Å². The van der Waals surface area contributed by atoms with Crippen LogP contribution in [0.2, 0.25) is 0 Å². The Morgan fingerprint density at radius 2 is 1.95 bits per heavy atom. The van der Waals surface area contributed by atoms with Gasteiger partial charge in [-0.1, -0.05) is 34.1 Å². The highest BCUT2D eigenvalue weighted by Gasteiger charge is 2.16. The van der Waals surface area contributed by atoms with Gasteiger partial charge in [0.1, 0.15) is 0 Å². The number of nitrogens with zero attached hydrogens (tertiary/aromatic N) is 1. The van der Waals surface area contributed by atoms with Crippen LogP contribution in [0.1, 0.15) is 23.7 Å². The first-order valence-electron chi connectivity index (χ1n) is 7.09. The summed E-state index contributed by atoms with van der Waals surface area (Å²) in [7, 11) is 3.38. The molecule has 0 spiro atoms. The van der Waals surface area contributed by atoms with Crippen molar-refractivity contribution in [2.45, 2.75) is 19.4 Å². The Morgan fingerprint density at radius 3 is 2.57 bits per heavy atom. The van der Waals surface area contributed by atoms with Crippen LogP contribution in [-0.2, 0) is 9.47 Å². The summed E-state index contributed by atoms with van der Waals surface area (Å²) in [6.45, 7) is 4.89. The molecule has 21 heavy (non-hydrogen) atoms. The van der Waals surface area contributed by atoms with E-state index in [2.05, 4.69) is 27.8 Å². The van der Waals surface area contributed by atoms with Crippen molar-refractivity contribution in [3.05, 3.63) is 34.3 Å². The van der Waals surface area contributed by atoms with Crippen molar-refractivity contribution in [2.75, 3.05) is 40.5 Å². The maximum absolute atomic E-state index is 12.3. The van der Waals surface area contributed by atoms with Crippen molar-refractivity contribution in [3.8, 4) is 0 Å². The zero-order valence-corrected chi connectivity index (χ0v) is 14.6. The third kappa shape index (κ3) is 6.26. The van der Waals surface area contributed by atoms with E-state index in [1.165, 1.54) is 0 Å². The molecule has 0 fully saturated rings. The summed E-state index contributed by atoms with van der Waals surface area (Å²) in [5.74, 6) is 0.148. The first-order chi connectivity index (χ1) is 10.1. The van der Waals surface area contributed by atoms with E-state index in [9.17, 15) is 4.79 Å². The molecule has 1 atom stereocenters. The van der Waals surface area contributed by atoms with Crippen LogP contribution in [0.15, 0.2) is 28.7 Å². The highest BCUT2D eigenvalue weighted by molar-refractivity contribution is 9.10. The van der Waals surface area contributed by atoms with Crippen LogP contribution < -0.4 is 0 Å². The molecule has 4 nitrogen and oxygen atoms in total. The zero-order chi connectivity index (χ0) is 15.7. The van der Waals surface area contributed by atoms with Crippen molar-refractivity contribution in [1.29, 1.82) is 0 Å². The summed E-state index contributed by atoms with van der Waals surface area (Å²) in [6.07, 6.45) is 0.486. The fourth-order valence-electron chi connectivity index (χ4n) is 2.17. The molecule has 0 bridgehead atoms. The highest BCUT2D eigenvalue weighted by Crippen LogP contribution is 2.18. The summed E-state index contributed by atoms with van der Waals surface area (Å²) in [6, 6.07) is 7.80. The second-order valence-electron chi connectivity index (χ2n) is 4.99. The number of ether oxygens (including phenoxy) is 2. The number of hydrogen-bond acceptors (Lipinski definition) is 4. The molecule has 0 aliphatic rings. The summed E-state index contributed by atoms with van der Waals surface area (Å²) < 4.78 is 11.2. The van der Waals surface area contributed by atoms with Crippen molar-refractivity contribution >= 4 is 21.7 Å². The molecule has 5 heteroatoms. The molecule has 0 heterocycles. The van der Waals surface area contributed by atoms with Crippen LogP contribution >= 0.6 is 15.9 Å². The van der Waals surface area contributed by atoms with Gasteiger partial charge in [-0.3, -0.25) is 9.69 Å². The smallest absolute Gasteiger partial charge is 0.165 e. The molecule has 0 N–H and O–H groups in total. The van der Waals surface area contributed by atoms with Gasteiger partial charge in [0.2, 0.25) is 0 Å². The topological polar surface area (TPSA) is 38.8 Å². The fraction of sp³-hybridized carbons (Fsp3) is 0.562. The summed E-state index contributed by atoms with van der Waals surface area (Å²) in [5.41, 5.74) is 0.739. The zero-order valence-electron chi connectivity index (χ0n) is 13.0. The SMILES string of the molecule is COCCN(CCC(=O)c1ccccc1Br)C(C)COC. The molecule has 0 amide bonds. The first kappa shape index (κ1) is 18.3. The third-order valence-electron chi connectivity index (χ3n) is 3.41. The molecule has 1 aromatic carbocycles. The number of rotatable bonds is 10. The number of carbonyl (C=O) groups is 1. The molecule has 0 saturated heterocycles. The number of benzene rings is 1. The summed E-state index contributed by atoms with van der Waals surface area (Å²) >= 11 is 3.43. The molecule has 1 unspecified atom stereocenters. The van der Waals surface area contributed by atoms with Gasteiger partial charge in [-0.2, -0.15) is 0 Å². The van der Waals surface area contributed by atoms with Crippen LogP contribution in [0.4, 0.5) is 0 Å². The number of Topliss-reactive ketones (excluding diaryl/α,β-unsaturated/α-hetero) is 1. The van der Waals surface area contributed by atoms with Crippen molar-refractivity contribution in [3.63, 3.8) is 0 Å². The number of carbonyl (C=O) groups excluding carboxylic acids is 1. The Balaban J connectivity index is 2.59. The van der Waals surface area contributed by atoms with Gasteiger partial charge >= 0.3 is 0 Å². The monoisotopic (exact) mass is 357 g/mol. The molecule has 1 aromatic rings. The van der Waals surface area contributed by atoms with Gasteiger partial charge < -0.3 is 9.47 Å². The van der Waals surface area contributed by atoms with Gasteiger partial charge in [0.25, 0.3) is 0 Å². The molecular weight excluding hydrogens is 334 g/mol. The predicted molar refractivity (Wildman–Crippen MR) is 87.9 cm³/mol. The quantitative estimate of drug-likeness (QED) is 0.603. The van der Waals surface area contributed by atoms with E-state index in [1.807, 2.05) is 24.3 Å². The Hall–Kier alpha value is -0.750. The van der Waals surface area contributed by atoms with Crippen LogP contribution in [0.3, 0.4) is 0 Å². The molecule has 0 aliphatic heterocycles. The second-order valence-corrected chi connectivity index (χ2v) is 5.84. The number of methoxy groups -OCH3 is 2. The van der Waals surface area contributed by atoms with Gasteiger partial charge in [-0.15, -0.1) is 0 Å². The minimum absolute atomic E-state index is 0.148. The predicted octanol–water partition coefficient (Wildman–Crippen LogP) is 3.01. The lowest BCUT2D eigenvalue weighted by Gasteiger charge is -2.28. The fourth-order valence-corrected chi connectivity index (χ4v) is 2.68. The number of ketones is 1. The lowest BCUT2D eigenvalue weighted by Crippen LogP contribution is -2.39. The van der Waals surface area contributed by atoms with E-state index in [1.54, 1.807) is 14.2 Å². The highest BCUT2D eigenvalue weighted by atomic mass is 79.9. The standard InChI is InChI=1S/C16H24BrNO3/c1-13(12-21-3)18(10-11-20-2)9-8-16(19)14-6-4-5-7-15(14)17/h4-7,13H,8-12H2,1-3H3. The van der Waals surface area contributed by atoms with Gasteiger partial charge in [0.05, 0.1) is 13.2 Å². The van der Waals surface area contributed by atoms with Crippen LogP contribution in [0, 0.1) is 0 Å². The van der Waals surface area contributed by atoms with Crippen molar-refractivity contribution < 1.29 is 14.3 Å². The lowest BCUT2D eigenvalue weighted by molar-refractivity contribution is 0.0703. The largest absolute Gasteiger partial charge is 0.383 e. The number of hydrogen-bond donors (Lipinski definition) is 0. The minimum Gasteiger partial charge on any atom is -0.383 e. The second kappa shape index (κ2) is 10.1. The lowest BCUT2D eigenvalue weighted by atomic mass is 10.1. The number of halogens is 1. The average Bonchev–Trinajstić information content (AvgIpc) is 2.47. The van der Waals surface area contributed by atoms with Gasteiger partial charge in [-0.05, 0) is 13.0 Å². The van der Waals surface area contributed by atoms with Crippen LogP contribution in [0.5, 0.6) is 0 Å². The molecule has 0 saturated carbocycles. The van der Waals surface area contributed by atoms with E-state index in [4.69, 9.17) is 9.47 Å². The van der Waals surface area contributed by atoms with E-state index in [-0.39, 0.29) is 11.8 Å². The molecule has 1 rings (SSSR count). The minimum atomic E-state index is 0.148. The van der Waals surface area contributed by atoms with Gasteiger partial charge in [-0.25, -0.2) is 0 Å². The molecule has 0 aliphatic carbocycles. The summed E-state index contributed by atoms with van der Waals surface area (Å²) in [4.78, 5) is 14.5. The molecule has 118 valence electrons. The Labute approximate surface area is 135 Å². The Morgan fingerprint density at radius 1 is 1.24 bits per heavy atom. The van der Waals surface area contributed by atoms with E-state index >= 15 is 0 Å². The molecular formula is C16H24BrNO3. The van der Waals surface area contributed by atoms with E-state index in [0.717, 1.165) is 16.6 Å². The van der Waals surface area contributed by atoms with Crippen molar-refractivity contribution in [1.82, 2.24) is 4.90 Å². The molecule has 0 aromatic heterocycles. The van der Waals surface area contributed by atoms with Crippen molar-refractivity contribution in [2.24, 2.45) is 0 Å². The average molecular weight is 358 g/mol. The Bertz CT molecular complexity index is 439. The van der Waals surface area contributed by atoms with Gasteiger partial charge in [0, 0.05) is 49.8 Å². The maximum Gasteiger partial charge on any atom is 0.165 e. The normalized spacial score (nSPS) is 12.6. The maximum atomic E-state index is 12.3. The summed E-state index contributed by atoms with van der Waals surface area (Å²) in [5, 5.41) is 0. The first-order valence-corrected chi connectivity index (χ1v) is 7.89. The van der Waals surface area contributed by atoms with Crippen LogP contribution in [-0.4, -0.2) is 57.2 Å². The molecule has 0 radical (unpaired) electrons.